The van der Waals surface area contributed by atoms with Crippen molar-refractivity contribution >= 4 is 11.6 Å². The van der Waals surface area contributed by atoms with E-state index in [2.05, 4.69) is 5.43 Å². The van der Waals surface area contributed by atoms with Gasteiger partial charge in [0.1, 0.15) is 11.6 Å². The Balaban J connectivity index is 2.11. The molecule has 2 aromatic rings. The first-order valence-corrected chi connectivity index (χ1v) is 6.75. The van der Waals surface area contributed by atoms with Crippen molar-refractivity contribution < 1.29 is 9.13 Å². The number of hydrazine groups is 1. The number of hydrogen-bond acceptors (Lipinski definition) is 3. The maximum Gasteiger partial charge on any atom is 0.146 e. The van der Waals surface area contributed by atoms with Crippen molar-refractivity contribution in [1.29, 1.82) is 0 Å². The Morgan fingerprint density at radius 2 is 1.95 bits per heavy atom. The SMILES string of the molecule is NNC(c1cccc(Cl)c1F)c1cccc2c1OCC2. The Bertz CT molecular complexity index is 648. The van der Waals surface area contributed by atoms with E-state index < -0.39 is 11.9 Å². The van der Waals surface area contributed by atoms with E-state index in [9.17, 15) is 4.39 Å². The number of benzene rings is 2. The van der Waals surface area contributed by atoms with Gasteiger partial charge in [-0.2, -0.15) is 0 Å². The summed E-state index contributed by atoms with van der Waals surface area (Å²) in [4.78, 5) is 0. The fourth-order valence-electron chi connectivity index (χ4n) is 2.56. The van der Waals surface area contributed by atoms with Gasteiger partial charge < -0.3 is 4.74 Å². The first-order chi connectivity index (χ1) is 9.72. The molecule has 2 aromatic carbocycles. The quantitative estimate of drug-likeness (QED) is 0.675. The first-order valence-electron chi connectivity index (χ1n) is 6.37. The van der Waals surface area contributed by atoms with Crippen LogP contribution in [0.25, 0.3) is 0 Å². The van der Waals surface area contributed by atoms with Crippen LogP contribution in [0.2, 0.25) is 5.02 Å². The molecule has 104 valence electrons. The Kier molecular flexibility index (Phi) is 3.61. The van der Waals surface area contributed by atoms with Crippen LogP contribution in [0.15, 0.2) is 36.4 Å². The second-order valence-corrected chi connectivity index (χ2v) is 5.08. The Hall–Kier alpha value is -1.62. The molecular formula is C15H14ClFN2O. The lowest BCUT2D eigenvalue weighted by Gasteiger charge is -2.20. The van der Waals surface area contributed by atoms with E-state index in [-0.39, 0.29) is 5.02 Å². The summed E-state index contributed by atoms with van der Waals surface area (Å²) in [5, 5.41) is 0.0799. The highest BCUT2D eigenvalue weighted by molar-refractivity contribution is 6.30. The zero-order chi connectivity index (χ0) is 14.1. The van der Waals surface area contributed by atoms with E-state index in [4.69, 9.17) is 22.2 Å². The van der Waals surface area contributed by atoms with Crippen LogP contribution >= 0.6 is 11.6 Å². The van der Waals surface area contributed by atoms with Gasteiger partial charge in [0.2, 0.25) is 0 Å². The number of ether oxygens (including phenoxy) is 1. The van der Waals surface area contributed by atoms with E-state index in [0.29, 0.717) is 12.2 Å². The molecule has 3 nitrogen and oxygen atoms in total. The van der Waals surface area contributed by atoms with Crippen LogP contribution in [0.4, 0.5) is 4.39 Å². The van der Waals surface area contributed by atoms with Gasteiger partial charge in [-0.3, -0.25) is 5.84 Å². The fraction of sp³-hybridized carbons (Fsp3) is 0.200. The lowest BCUT2D eigenvalue weighted by molar-refractivity contribution is 0.350. The third-order valence-corrected chi connectivity index (χ3v) is 3.81. The molecule has 0 amide bonds. The van der Waals surface area contributed by atoms with Gasteiger partial charge in [-0.1, -0.05) is 41.9 Å². The summed E-state index contributed by atoms with van der Waals surface area (Å²) in [6, 6.07) is 10.2. The third-order valence-electron chi connectivity index (χ3n) is 3.51. The van der Waals surface area contributed by atoms with Gasteiger partial charge in [-0.25, -0.2) is 9.82 Å². The summed E-state index contributed by atoms with van der Waals surface area (Å²) < 4.78 is 19.9. The van der Waals surface area contributed by atoms with Crippen LogP contribution in [-0.4, -0.2) is 6.61 Å². The Morgan fingerprint density at radius 1 is 1.20 bits per heavy atom. The predicted octanol–water partition coefficient (Wildman–Crippen LogP) is 2.97. The van der Waals surface area contributed by atoms with Crippen LogP contribution in [-0.2, 0) is 6.42 Å². The van der Waals surface area contributed by atoms with E-state index in [0.717, 1.165) is 23.3 Å². The Labute approximate surface area is 121 Å². The molecule has 1 unspecified atom stereocenters. The molecule has 3 rings (SSSR count). The topological polar surface area (TPSA) is 47.3 Å². The minimum absolute atomic E-state index is 0.0799. The molecule has 0 saturated carbocycles. The summed E-state index contributed by atoms with van der Waals surface area (Å²) in [7, 11) is 0. The van der Waals surface area contributed by atoms with Crippen molar-refractivity contribution in [3.63, 3.8) is 0 Å². The average molecular weight is 293 g/mol. The van der Waals surface area contributed by atoms with Crippen molar-refractivity contribution in [3.8, 4) is 5.75 Å². The molecule has 1 aliphatic heterocycles. The normalized spacial score (nSPS) is 14.8. The zero-order valence-electron chi connectivity index (χ0n) is 10.7. The second kappa shape index (κ2) is 5.40. The van der Waals surface area contributed by atoms with Crippen molar-refractivity contribution in [1.82, 2.24) is 5.43 Å². The maximum absolute atomic E-state index is 14.2. The van der Waals surface area contributed by atoms with Crippen molar-refractivity contribution in [3.05, 3.63) is 63.9 Å². The molecule has 5 heteroatoms. The van der Waals surface area contributed by atoms with E-state index >= 15 is 0 Å². The summed E-state index contributed by atoms with van der Waals surface area (Å²) in [6.07, 6.45) is 0.860. The van der Waals surface area contributed by atoms with Crippen LogP contribution in [0.1, 0.15) is 22.7 Å². The number of fused-ring (bicyclic) bond motifs is 1. The van der Waals surface area contributed by atoms with Crippen molar-refractivity contribution in [2.24, 2.45) is 5.84 Å². The molecule has 0 aromatic heterocycles. The monoisotopic (exact) mass is 292 g/mol. The summed E-state index contributed by atoms with van der Waals surface area (Å²) in [6.45, 7) is 0.641. The highest BCUT2D eigenvalue weighted by atomic mass is 35.5. The highest BCUT2D eigenvalue weighted by Gasteiger charge is 2.25. The summed E-state index contributed by atoms with van der Waals surface area (Å²) in [5.74, 6) is 5.96. The molecule has 1 aliphatic rings. The second-order valence-electron chi connectivity index (χ2n) is 4.68. The van der Waals surface area contributed by atoms with Gasteiger partial charge in [0.15, 0.2) is 0 Å². The lowest BCUT2D eigenvalue weighted by atomic mass is 9.96. The number of nitrogens with one attached hydrogen (secondary N) is 1. The van der Waals surface area contributed by atoms with E-state index in [1.807, 2.05) is 18.2 Å². The van der Waals surface area contributed by atoms with Crippen molar-refractivity contribution in [2.45, 2.75) is 12.5 Å². The predicted molar refractivity (Wildman–Crippen MR) is 76.2 cm³/mol. The molecule has 0 spiro atoms. The summed E-state index contributed by atoms with van der Waals surface area (Å²) in [5.41, 5.74) is 5.00. The molecule has 0 saturated heterocycles. The fourth-order valence-corrected chi connectivity index (χ4v) is 2.74. The van der Waals surface area contributed by atoms with Gasteiger partial charge >= 0.3 is 0 Å². The highest BCUT2D eigenvalue weighted by Crippen LogP contribution is 2.37. The summed E-state index contributed by atoms with van der Waals surface area (Å²) >= 11 is 5.84. The smallest absolute Gasteiger partial charge is 0.146 e. The minimum Gasteiger partial charge on any atom is -0.493 e. The number of rotatable bonds is 3. The van der Waals surface area contributed by atoms with Gasteiger partial charge in [-0.15, -0.1) is 0 Å². The Morgan fingerprint density at radius 3 is 2.75 bits per heavy atom. The van der Waals surface area contributed by atoms with Crippen LogP contribution in [0, 0.1) is 5.82 Å². The van der Waals surface area contributed by atoms with Crippen LogP contribution < -0.4 is 16.0 Å². The van der Waals surface area contributed by atoms with Crippen LogP contribution in [0.5, 0.6) is 5.75 Å². The molecule has 1 heterocycles. The number of nitrogens with two attached hydrogens (primary N) is 1. The molecule has 1 atom stereocenters. The molecule has 0 aliphatic carbocycles. The number of hydrogen-bond donors (Lipinski definition) is 2. The van der Waals surface area contributed by atoms with E-state index in [1.165, 1.54) is 6.07 Å². The van der Waals surface area contributed by atoms with Crippen LogP contribution in [0.3, 0.4) is 0 Å². The maximum atomic E-state index is 14.2. The first kappa shape index (κ1) is 13.4. The van der Waals surface area contributed by atoms with E-state index in [1.54, 1.807) is 12.1 Å². The number of halogens is 2. The largest absolute Gasteiger partial charge is 0.493 e. The standard InChI is InChI=1S/C15H14ClFN2O/c16-12-6-2-4-10(13(12)17)14(19-18)11-5-1-3-9-7-8-20-15(9)11/h1-6,14,19H,7-8,18H2. The number of para-hydroxylation sites is 1. The lowest BCUT2D eigenvalue weighted by Crippen LogP contribution is -2.30. The average Bonchev–Trinajstić information content (AvgIpc) is 2.93. The van der Waals surface area contributed by atoms with Gasteiger partial charge in [0.05, 0.1) is 17.7 Å². The molecule has 3 N–H and O–H groups in total. The third kappa shape index (κ3) is 2.16. The van der Waals surface area contributed by atoms with Gasteiger partial charge in [-0.05, 0) is 11.6 Å². The molecule has 0 radical (unpaired) electrons. The van der Waals surface area contributed by atoms with Gasteiger partial charge in [0, 0.05) is 17.5 Å². The zero-order valence-corrected chi connectivity index (χ0v) is 11.5. The molecule has 20 heavy (non-hydrogen) atoms. The van der Waals surface area contributed by atoms with Crippen molar-refractivity contribution in [2.75, 3.05) is 6.61 Å². The molecule has 0 bridgehead atoms. The molecular weight excluding hydrogens is 279 g/mol. The van der Waals surface area contributed by atoms with Gasteiger partial charge in [0.25, 0.3) is 0 Å². The minimum atomic E-state index is -0.498. The molecule has 0 fully saturated rings.